The number of likely N-dealkylation sites (N-methyl/N-ethyl adjacent to an activating group) is 1. The number of quaternary nitrogens is 1. The lowest BCUT2D eigenvalue weighted by molar-refractivity contribution is -0.833. The Morgan fingerprint density at radius 2 is 1.83 bits per heavy atom. The van der Waals surface area contributed by atoms with E-state index >= 15 is 0 Å². The zero-order valence-electron chi connectivity index (χ0n) is 7.36. The van der Waals surface area contributed by atoms with Crippen molar-refractivity contribution in [2.45, 2.75) is 0 Å². The van der Waals surface area contributed by atoms with E-state index < -0.39 is 0 Å². The van der Waals surface area contributed by atoms with Crippen LogP contribution in [-0.2, 0) is 4.79 Å². The molecule has 0 saturated carbocycles. The molecule has 2 N–H and O–H groups in total. The van der Waals surface area contributed by atoms with E-state index in [-0.39, 0.29) is 23.6 Å². The van der Waals surface area contributed by atoms with Gasteiger partial charge in [0.05, 0.1) is 20.3 Å². The highest BCUT2D eigenvalue weighted by Gasteiger charge is 2.27. The number of carbonyl (C=O) groups is 1. The standard InChI is InChI=1S/C8H16NO3/c1-3-8(12)9(2,4-6-10)5-7-11/h3,10-11H,1,4-7H2,2H3/q+1. The lowest BCUT2D eigenvalue weighted by atomic mass is 10.3. The van der Waals surface area contributed by atoms with Crippen LogP contribution in [-0.4, -0.2) is 54.0 Å². The summed E-state index contributed by atoms with van der Waals surface area (Å²) >= 11 is 0. The Labute approximate surface area is 72.3 Å². The fraction of sp³-hybridized carbons (Fsp3) is 0.625. The first-order valence-corrected chi connectivity index (χ1v) is 3.84. The predicted octanol–water partition coefficient (Wildman–Crippen LogP) is -0.870. The zero-order chi connectivity index (χ0) is 9.61. The minimum absolute atomic E-state index is 0.0104. The van der Waals surface area contributed by atoms with E-state index in [1.165, 1.54) is 6.08 Å². The van der Waals surface area contributed by atoms with E-state index in [1.807, 2.05) is 0 Å². The van der Waals surface area contributed by atoms with Crippen molar-refractivity contribution in [1.82, 2.24) is 0 Å². The van der Waals surface area contributed by atoms with Gasteiger partial charge in [0.25, 0.3) is 0 Å². The first-order valence-electron chi connectivity index (χ1n) is 3.84. The quantitative estimate of drug-likeness (QED) is 0.421. The van der Waals surface area contributed by atoms with Gasteiger partial charge in [-0.1, -0.05) is 6.58 Å². The number of hydrogen-bond acceptors (Lipinski definition) is 3. The van der Waals surface area contributed by atoms with Crippen molar-refractivity contribution in [3.63, 3.8) is 0 Å². The lowest BCUT2D eigenvalue weighted by Crippen LogP contribution is -2.51. The van der Waals surface area contributed by atoms with Crippen LogP contribution in [0.25, 0.3) is 0 Å². The van der Waals surface area contributed by atoms with E-state index in [1.54, 1.807) is 7.05 Å². The van der Waals surface area contributed by atoms with E-state index in [0.717, 1.165) is 0 Å². The van der Waals surface area contributed by atoms with Gasteiger partial charge in [-0.25, -0.2) is 4.79 Å². The molecule has 0 bridgehead atoms. The average molecular weight is 174 g/mol. The molecule has 0 aromatic heterocycles. The Morgan fingerprint density at radius 1 is 1.42 bits per heavy atom. The van der Waals surface area contributed by atoms with Crippen LogP contribution in [0.1, 0.15) is 0 Å². The van der Waals surface area contributed by atoms with Crippen LogP contribution in [0.2, 0.25) is 0 Å². The summed E-state index contributed by atoms with van der Waals surface area (Å²) in [7, 11) is 1.66. The number of carbonyl (C=O) groups excluding carboxylic acids is 1. The van der Waals surface area contributed by atoms with Crippen molar-refractivity contribution < 1.29 is 19.5 Å². The first kappa shape index (κ1) is 11.3. The molecular formula is C8H16NO3+. The molecule has 0 atom stereocenters. The molecule has 12 heavy (non-hydrogen) atoms. The minimum Gasteiger partial charge on any atom is -0.390 e. The van der Waals surface area contributed by atoms with Crippen molar-refractivity contribution >= 4 is 5.91 Å². The summed E-state index contributed by atoms with van der Waals surface area (Å²) in [6.45, 7) is 3.84. The summed E-state index contributed by atoms with van der Waals surface area (Å²) in [6.07, 6.45) is 1.21. The SMILES string of the molecule is C=CC(=O)[N+](C)(CCO)CCO. The molecule has 0 fully saturated rings. The van der Waals surface area contributed by atoms with Crippen LogP contribution in [0.15, 0.2) is 12.7 Å². The van der Waals surface area contributed by atoms with Gasteiger partial charge in [0.2, 0.25) is 0 Å². The number of rotatable bonds is 5. The van der Waals surface area contributed by atoms with Crippen LogP contribution in [0.5, 0.6) is 0 Å². The second kappa shape index (κ2) is 5.03. The molecule has 0 saturated heterocycles. The van der Waals surface area contributed by atoms with Gasteiger partial charge in [0.15, 0.2) is 0 Å². The van der Waals surface area contributed by atoms with Gasteiger partial charge < -0.3 is 10.2 Å². The van der Waals surface area contributed by atoms with Gasteiger partial charge in [0.1, 0.15) is 13.1 Å². The molecule has 70 valence electrons. The highest BCUT2D eigenvalue weighted by Crippen LogP contribution is 2.02. The van der Waals surface area contributed by atoms with E-state index in [4.69, 9.17) is 10.2 Å². The van der Waals surface area contributed by atoms with Gasteiger partial charge in [-0.3, -0.25) is 4.48 Å². The van der Waals surface area contributed by atoms with E-state index in [0.29, 0.717) is 13.1 Å². The van der Waals surface area contributed by atoms with Gasteiger partial charge >= 0.3 is 5.91 Å². The van der Waals surface area contributed by atoms with Crippen molar-refractivity contribution in [3.8, 4) is 0 Å². The largest absolute Gasteiger partial charge is 0.390 e. The Hall–Kier alpha value is -0.710. The maximum absolute atomic E-state index is 11.2. The molecule has 0 heterocycles. The van der Waals surface area contributed by atoms with Crippen molar-refractivity contribution in [1.29, 1.82) is 0 Å². The molecule has 1 amide bonds. The van der Waals surface area contributed by atoms with Gasteiger partial charge in [-0.05, 0) is 0 Å². The fourth-order valence-corrected chi connectivity index (χ4v) is 0.994. The molecule has 0 aromatic rings. The third-order valence-electron chi connectivity index (χ3n) is 1.89. The summed E-state index contributed by atoms with van der Waals surface area (Å²) in [5, 5.41) is 17.4. The number of aliphatic hydroxyl groups excluding tert-OH is 2. The Morgan fingerprint density at radius 3 is 2.08 bits per heavy atom. The van der Waals surface area contributed by atoms with Gasteiger partial charge in [0, 0.05) is 6.08 Å². The molecule has 4 heteroatoms. The van der Waals surface area contributed by atoms with Crippen molar-refractivity contribution in [2.24, 2.45) is 0 Å². The number of nitrogens with zero attached hydrogens (tertiary/aromatic N) is 1. The Balaban J connectivity index is 4.36. The van der Waals surface area contributed by atoms with Gasteiger partial charge in [-0.2, -0.15) is 0 Å². The molecule has 0 rings (SSSR count). The molecule has 0 aliphatic heterocycles. The number of aliphatic hydroxyl groups is 2. The third kappa shape index (κ3) is 2.73. The normalized spacial score (nSPS) is 11.2. The topological polar surface area (TPSA) is 57.5 Å². The maximum Gasteiger partial charge on any atom is 0.337 e. The molecule has 0 aliphatic carbocycles. The predicted molar refractivity (Wildman–Crippen MR) is 45.3 cm³/mol. The maximum atomic E-state index is 11.2. The molecule has 0 aromatic carbocycles. The van der Waals surface area contributed by atoms with Crippen LogP contribution in [0.4, 0.5) is 0 Å². The second-order valence-electron chi connectivity index (χ2n) is 2.83. The van der Waals surface area contributed by atoms with Crippen LogP contribution in [0, 0.1) is 0 Å². The highest BCUT2D eigenvalue weighted by molar-refractivity contribution is 5.80. The van der Waals surface area contributed by atoms with Crippen molar-refractivity contribution in [2.75, 3.05) is 33.4 Å². The first-order chi connectivity index (χ1) is 5.60. The summed E-state index contributed by atoms with van der Waals surface area (Å²) < 4.78 is 0.0104. The average Bonchev–Trinajstić information content (AvgIpc) is 2.04. The number of hydrogen-bond donors (Lipinski definition) is 2. The van der Waals surface area contributed by atoms with Crippen LogP contribution >= 0.6 is 0 Å². The van der Waals surface area contributed by atoms with Gasteiger partial charge in [-0.15, -0.1) is 0 Å². The summed E-state index contributed by atoms with van der Waals surface area (Å²) in [5.74, 6) is -0.182. The second-order valence-corrected chi connectivity index (χ2v) is 2.83. The summed E-state index contributed by atoms with van der Waals surface area (Å²) in [4.78, 5) is 11.2. The zero-order valence-corrected chi connectivity index (χ0v) is 7.36. The molecular weight excluding hydrogens is 158 g/mol. The van der Waals surface area contributed by atoms with Crippen molar-refractivity contribution in [3.05, 3.63) is 12.7 Å². The molecule has 0 radical (unpaired) electrons. The minimum atomic E-state index is -0.182. The number of amides is 1. The third-order valence-corrected chi connectivity index (χ3v) is 1.89. The monoisotopic (exact) mass is 174 g/mol. The lowest BCUT2D eigenvalue weighted by Gasteiger charge is -2.28. The van der Waals surface area contributed by atoms with Crippen LogP contribution < -0.4 is 0 Å². The molecule has 0 spiro atoms. The fourth-order valence-electron chi connectivity index (χ4n) is 0.994. The Kier molecular flexibility index (Phi) is 4.73. The smallest absolute Gasteiger partial charge is 0.337 e. The summed E-state index contributed by atoms with van der Waals surface area (Å²) in [5.41, 5.74) is 0. The van der Waals surface area contributed by atoms with E-state index in [2.05, 4.69) is 6.58 Å². The molecule has 0 unspecified atom stereocenters. The molecule has 0 aliphatic rings. The summed E-state index contributed by atoms with van der Waals surface area (Å²) in [6, 6.07) is 0. The van der Waals surface area contributed by atoms with E-state index in [9.17, 15) is 4.79 Å². The Bertz CT molecular complexity index is 162. The van der Waals surface area contributed by atoms with Crippen LogP contribution in [0.3, 0.4) is 0 Å². The highest BCUT2D eigenvalue weighted by atomic mass is 16.3. The molecule has 4 nitrogen and oxygen atoms in total.